The van der Waals surface area contributed by atoms with Crippen LogP contribution in [0.3, 0.4) is 0 Å². The second kappa shape index (κ2) is 13.1. The summed E-state index contributed by atoms with van der Waals surface area (Å²) in [5.74, 6) is -0.141. The number of hydrogen-bond donors (Lipinski definition) is 1. The molecular weight excluding hydrogens is 446 g/mol. The molecule has 190 valence electrons. The minimum atomic E-state index is -1.22. The molecule has 0 saturated heterocycles. The SMILES string of the molecule is C=CCC(CC(=O)OC(C)(C)C)(C(=O)N[C@H](C)COOC)c1ccc(OCc2ccccc2)cc1. The number of rotatable bonds is 13. The van der Waals surface area contributed by atoms with E-state index in [0.717, 1.165) is 5.56 Å². The average Bonchev–Trinajstić information content (AvgIpc) is 2.80. The van der Waals surface area contributed by atoms with Crippen LogP contribution in [0.5, 0.6) is 5.75 Å². The van der Waals surface area contributed by atoms with E-state index in [2.05, 4.69) is 16.8 Å². The molecule has 0 aliphatic rings. The van der Waals surface area contributed by atoms with E-state index >= 15 is 0 Å². The second-order valence-corrected chi connectivity index (χ2v) is 9.46. The van der Waals surface area contributed by atoms with Crippen LogP contribution in [0.1, 0.15) is 51.7 Å². The predicted octanol–water partition coefficient (Wildman–Crippen LogP) is 4.89. The molecule has 7 nitrogen and oxygen atoms in total. The van der Waals surface area contributed by atoms with E-state index in [1.807, 2.05) is 42.5 Å². The second-order valence-electron chi connectivity index (χ2n) is 9.46. The Morgan fingerprint density at radius 3 is 2.29 bits per heavy atom. The van der Waals surface area contributed by atoms with E-state index < -0.39 is 17.0 Å². The highest BCUT2D eigenvalue weighted by Gasteiger charge is 2.43. The number of amides is 1. The van der Waals surface area contributed by atoms with Crippen LogP contribution in [0.25, 0.3) is 0 Å². The third-order valence-electron chi connectivity index (χ3n) is 5.26. The van der Waals surface area contributed by atoms with E-state index in [1.165, 1.54) is 7.11 Å². The number of hydrogen-bond acceptors (Lipinski definition) is 6. The molecule has 2 aromatic carbocycles. The molecule has 0 aromatic heterocycles. The fourth-order valence-corrected chi connectivity index (χ4v) is 3.65. The van der Waals surface area contributed by atoms with Crippen molar-refractivity contribution in [3.05, 3.63) is 78.4 Å². The smallest absolute Gasteiger partial charge is 0.307 e. The van der Waals surface area contributed by atoms with Gasteiger partial charge in [0.15, 0.2) is 0 Å². The lowest BCUT2D eigenvalue weighted by atomic mass is 9.73. The lowest BCUT2D eigenvalue weighted by Crippen LogP contribution is -2.50. The lowest BCUT2D eigenvalue weighted by molar-refractivity contribution is -0.275. The standard InChI is InChI=1S/C28H37NO6/c1-7-17-28(18-25(30)35-27(3,4)5,26(31)29-21(2)19-34-32-6)23-13-15-24(16-14-23)33-20-22-11-9-8-10-12-22/h7-16,21H,1,17-20H2,2-6H3,(H,29,31)/t21-,28?/m1/s1. The lowest BCUT2D eigenvalue weighted by Gasteiger charge is -2.33. The van der Waals surface area contributed by atoms with Crippen LogP contribution in [0.15, 0.2) is 67.3 Å². The normalized spacial score (nSPS) is 13.9. The Labute approximate surface area is 208 Å². The highest BCUT2D eigenvalue weighted by atomic mass is 17.2. The highest BCUT2D eigenvalue weighted by molar-refractivity contribution is 5.93. The number of carbonyl (C=O) groups excluding carboxylic acids is 2. The summed E-state index contributed by atoms with van der Waals surface area (Å²) >= 11 is 0. The van der Waals surface area contributed by atoms with E-state index in [9.17, 15) is 9.59 Å². The van der Waals surface area contributed by atoms with Crippen molar-refractivity contribution in [3.8, 4) is 5.75 Å². The maximum Gasteiger partial charge on any atom is 0.307 e. The van der Waals surface area contributed by atoms with Crippen LogP contribution in [-0.4, -0.2) is 37.2 Å². The monoisotopic (exact) mass is 483 g/mol. The molecule has 2 atom stereocenters. The van der Waals surface area contributed by atoms with Gasteiger partial charge in [0.2, 0.25) is 5.91 Å². The van der Waals surface area contributed by atoms with Crippen molar-refractivity contribution >= 4 is 11.9 Å². The average molecular weight is 484 g/mol. The zero-order chi connectivity index (χ0) is 25.9. The van der Waals surface area contributed by atoms with Gasteiger partial charge in [-0.15, -0.1) is 6.58 Å². The molecule has 2 rings (SSSR count). The van der Waals surface area contributed by atoms with Crippen LogP contribution >= 0.6 is 0 Å². The molecule has 35 heavy (non-hydrogen) atoms. The molecule has 0 fully saturated rings. The first-order valence-corrected chi connectivity index (χ1v) is 11.7. The molecule has 0 spiro atoms. The van der Waals surface area contributed by atoms with Crippen molar-refractivity contribution in [2.75, 3.05) is 13.7 Å². The molecule has 0 aliphatic heterocycles. The Morgan fingerprint density at radius 2 is 1.71 bits per heavy atom. The maximum atomic E-state index is 13.6. The summed E-state index contributed by atoms with van der Waals surface area (Å²) in [6.07, 6.45) is 1.73. The molecule has 1 amide bonds. The first-order valence-electron chi connectivity index (χ1n) is 11.7. The number of esters is 1. The number of benzene rings is 2. The molecular formula is C28H37NO6. The van der Waals surface area contributed by atoms with Gasteiger partial charge in [0, 0.05) is 0 Å². The topological polar surface area (TPSA) is 83.1 Å². The zero-order valence-corrected chi connectivity index (χ0v) is 21.3. The molecule has 0 radical (unpaired) electrons. The summed E-state index contributed by atoms with van der Waals surface area (Å²) in [7, 11) is 1.40. The molecule has 0 aliphatic carbocycles. The fourth-order valence-electron chi connectivity index (χ4n) is 3.65. The van der Waals surface area contributed by atoms with E-state index in [0.29, 0.717) is 17.9 Å². The highest BCUT2D eigenvalue weighted by Crippen LogP contribution is 2.35. The minimum absolute atomic E-state index is 0.149. The first-order chi connectivity index (χ1) is 16.6. The molecule has 7 heteroatoms. The Morgan fingerprint density at radius 1 is 1.06 bits per heavy atom. The van der Waals surface area contributed by atoms with Gasteiger partial charge in [0.1, 0.15) is 24.6 Å². The largest absolute Gasteiger partial charge is 0.489 e. The van der Waals surface area contributed by atoms with Crippen LogP contribution in [0.4, 0.5) is 0 Å². The van der Waals surface area contributed by atoms with Crippen molar-refractivity contribution in [3.63, 3.8) is 0 Å². The van der Waals surface area contributed by atoms with Gasteiger partial charge >= 0.3 is 5.97 Å². The van der Waals surface area contributed by atoms with Crippen LogP contribution in [0.2, 0.25) is 0 Å². The summed E-state index contributed by atoms with van der Waals surface area (Å²) in [4.78, 5) is 36.1. The fraction of sp³-hybridized carbons (Fsp3) is 0.429. The van der Waals surface area contributed by atoms with Crippen molar-refractivity contribution in [2.45, 2.75) is 64.2 Å². The van der Waals surface area contributed by atoms with Crippen molar-refractivity contribution in [2.24, 2.45) is 0 Å². The van der Waals surface area contributed by atoms with Gasteiger partial charge in [0.05, 0.1) is 25.0 Å². The Bertz CT molecular complexity index is 952. The van der Waals surface area contributed by atoms with Gasteiger partial charge in [-0.05, 0) is 57.4 Å². The van der Waals surface area contributed by atoms with Crippen molar-refractivity contribution in [1.82, 2.24) is 5.32 Å². The Hall–Kier alpha value is -3.16. The summed E-state index contributed by atoms with van der Waals surface area (Å²) in [5.41, 5.74) is -0.187. The van der Waals surface area contributed by atoms with E-state index in [4.69, 9.17) is 14.4 Å². The molecule has 2 aromatic rings. The van der Waals surface area contributed by atoms with Gasteiger partial charge in [-0.3, -0.25) is 9.59 Å². The van der Waals surface area contributed by atoms with Crippen LogP contribution < -0.4 is 10.1 Å². The van der Waals surface area contributed by atoms with Crippen molar-refractivity contribution in [1.29, 1.82) is 0 Å². The quantitative estimate of drug-likeness (QED) is 0.189. The van der Waals surface area contributed by atoms with Gasteiger partial charge < -0.3 is 14.8 Å². The molecule has 0 heterocycles. The number of nitrogens with one attached hydrogen (secondary N) is 1. The summed E-state index contributed by atoms with van der Waals surface area (Å²) in [6, 6.07) is 16.7. The molecule has 1 unspecified atom stereocenters. The number of carbonyl (C=O) groups is 2. The number of allylic oxidation sites excluding steroid dienone is 1. The summed E-state index contributed by atoms with van der Waals surface area (Å²) in [5, 5.41) is 2.94. The molecule has 0 saturated carbocycles. The minimum Gasteiger partial charge on any atom is -0.489 e. The van der Waals surface area contributed by atoms with Crippen molar-refractivity contribution < 1.29 is 28.8 Å². The Kier molecular flexibility index (Phi) is 10.5. The van der Waals surface area contributed by atoms with Crippen LogP contribution in [-0.2, 0) is 36.1 Å². The van der Waals surface area contributed by atoms with Gasteiger partial charge in [-0.25, -0.2) is 9.78 Å². The first kappa shape index (κ1) is 28.1. The summed E-state index contributed by atoms with van der Waals surface area (Å²) < 4.78 is 11.5. The third-order valence-corrected chi connectivity index (χ3v) is 5.26. The third kappa shape index (κ3) is 8.85. The maximum absolute atomic E-state index is 13.6. The molecule has 1 N–H and O–H groups in total. The predicted molar refractivity (Wildman–Crippen MR) is 135 cm³/mol. The van der Waals surface area contributed by atoms with Gasteiger partial charge in [0.25, 0.3) is 0 Å². The Balaban J connectivity index is 2.33. The van der Waals surface area contributed by atoms with E-state index in [-0.39, 0.29) is 31.4 Å². The zero-order valence-electron chi connectivity index (χ0n) is 21.3. The number of ether oxygens (including phenoxy) is 2. The summed E-state index contributed by atoms with van der Waals surface area (Å²) in [6.45, 7) is 11.6. The van der Waals surface area contributed by atoms with Gasteiger partial charge in [-0.1, -0.05) is 48.5 Å². The van der Waals surface area contributed by atoms with Crippen LogP contribution in [0, 0.1) is 0 Å². The molecule has 0 bridgehead atoms. The van der Waals surface area contributed by atoms with E-state index in [1.54, 1.807) is 45.9 Å². The van der Waals surface area contributed by atoms with Gasteiger partial charge in [-0.2, -0.15) is 0 Å².